The van der Waals surface area contributed by atoms with Gasteiger partial charge in [0.25, 0.3) is 0 Å². The third-order valence-corrected chi connectivity index (χ3v) is 3.88. The van der Waals surface area contributed by atoms with Crippen LogP contribution in [0.5, 0.6) is 0 Å². The largest absolute Gasteiger partial charge is 0.173 e. The average Bonchev–Trinajstić information content (AvgIpc) is 2.11. The minimum absolute atomic E-state index is 0.319. The Hall–Kier alpha value is 0.350. The molecule has 1 fully saturated rings. The number of hydrogen-bond acceptors (Lipinski definition) is 1. The second-order valence-corrected chi connectivity index (χ2v) is 6.26. The smallest absolute Gasteiger partial charge is 0.0101 e. The predicted molar refractivity (Wildman–Crippen MR) is 68.2 cm³/mol. The van der Waals surface area contributed by atoms with Crippen molar-refractivity contribution in [1.82, 2.24) is 0 Å². The van der Waals surface area contributed by atoms with E-state index in [0.717, 1.165) is 0 Å². The Morgan fingerprint density at radius 2 is 0.929 bits per heavy atom. The van der Waals surface area contributed by atoms with E-state index < -0.39 is 0 Å². The molecule has 0 spiro atoms. The lowest BCUT2D eigenvalue weighted by Gasteiger charge is -2.24. The number of thiol groups is 1. The van der Waals surface area contributed by atoms with Gasteiger partial charge in [-0.25, -0.2) is 0 Å². The predicted octanol–water partition coefficient (Wildman–Crippen LogP) is 4.98. The summed E-state index contributed by atoms with van der Waals surface area (Å²) < 4.78 is 0.319. The van der Waals surface area contributed by atoms with E-state index in [0.29, 0.717) is 4.75 Å². The van der Waals surface area contributed by atoms with Crippen LogP contribution in [0.15, 0.2) is 0 Å². The van der Waals surface area contributed by atoms with Crippen molar-refractivity contribution in [2.24, 2.45) is 0 Å². The maximum absolute atomic E-state index is 4.78. The highest BCUT2D eigenvalue weighted by atomic mass is 32.1. The summed E-state index contributed by atoms with van der Waals surface area (Å²) in [5.74, 6) is 0. The lowest BCUT2D eigenvalue weighted by molar-refractivity contribution is 0.453. The first-order valence-corrected chi connectivity index (χ1v) is 6.88. The lowest BCUT2D eigenvalue weighted by atomic mass is 9.93. The van der Waals surface area contributed by atoms with Crippen LogP contribution in [0.3, 0.4) is 0 Å². The van der Waals surface area contributed by atoms with Crippen molar-refractivity contribution in [3.8, 4) is 0 Å². The third kappa shape index (κ3) is 5.95. The Balaban J connectivity index is 2.24. The van der Waals surface area contributed by atoms with Crippen LogP contribution in [0.1, 0.15) is 77.6 Å². The zero-order valence-electron chi connectivity index (χ0n) is 9.73. The molecule has 0 aromatic heterocycles. The van der Waals surface area contributed by atoms with Gasteiger partial charge in [0.05, 0.1) is 0 Å². The molecule has 0 bridgehead atoms. The maximum Gasteiger partial charge on any atom is 0.0101 e. The van der Waals surface area contributed by atoms with Crippen molar-refractivity contribution in [1.29, 1.82) is 0 Å². The monoisotopic (exact) mass is 214 g/mol. The molecule has 0 radical (unpaired) electrons. The zero-order valence-corrected chi connectivity index (χ0v) is 10.6. The highest BCUT2D eigenvalue weighted by molar-refractivity contribution is 7.81. The second-order valence-electron chi connectivity index (χ2n) is 5.18. The quantitative estimate of drug-likeness (QED) is 0.540. The van der Waals surface area contributed by atoms with Crippen LogP contribution in [0.4, 0.5) is 0 Å². The third-order valence-electron chi connectivity index (χ3n) is 3.43. The minimum Gasteiger partial charge on any atom is -0.173 e. The van der Waals surface area contributed by atoms with E-state index in [1.165, 1.54) is 70.6 Å². The molecular formula is C13H26S. The Labute approximate surface area is 95.3 Å². The molecular weight excluding hydrogens is 188 g/mol. The van der Waals surface area contributed by atoms with Crippen molar-refractivity contribution in [3.63, 3.8) is 0 Å². The standard InChI is InChI=1S/C13H26S/c1-13(14)11-9-7-5-3-2-4-6-8-10-12-13/h14H,2-12H2,1H3. The topological polar surface area (TPSA) is 0 Å². The molecule has 0 nitrogen and oxygen atoms in total. The molecule has 1 aliphatic carbocycles. The Kier molecular flexibility index (Phi) is 6.00. The minimum atomic E-state index is 0.319. The SMILES string of the molecule is CC1(S)CCCCCCCCCCC1. The summed E-state index contributed by atoms with van der Waals surface area (Å²) in [5.41, 5.74) is 0. The van der Waals surface area contributed by atoms with Crippen LogP contribution >= 0.6 is 12.6 Å². The number of rotatable bonds is 0. The van der Waals surface area contributed by atoms with E-state index >= 15 is 0 Å². The summed E-state index contributed by atoms with van der Waals surface area (Å²) in [5, 5.41) is 0. The van der Waals surface area contributed by atoms with Crippen LogP contribution < -0.4 is 0 Å². The van der Waals surface area contributed by atoms with Crippen LogP contribution in [0.25, 0.3) is 0 Å². The fourth-order valence-corrected chi connectivity index (χ4v) is 2.69. The molecule has 1 saturated carbocycles. The average molecular weight is 214 g/mol. The fourth-order valence-electron chi connectivity index (χ4n) is 2.37. The van der Waals surface area contributed by atoms with Gasteiger partial charge in [0.2, 0.25) is 0 Å². The van der Waals surface area contributed by atoms with E-state index in [-0.39, 0.29) is 0 Å². The first-order valence-electron chi connectivity index (χ1n) is 6.43. The molecule has 0 heterocycles. The van der Waals surface area contributed by atoms with Crippen LogP contribution in [-0.2, 0) is 0 Å². The first kappa shape index (κ1) is 12.4. The second kappa shape index (κ2) is 6.76. The molecule has 14 heavy (non-hydrogen) atoms. The molecule has 0 aromatic rings. The summed E-state index contributed by atoms with van der Waals surface area (Å²) in [6, 6.07) is 0. The van der Waals surface area contributed by atoms with E-state index in [2.05, 4.69) is 6.92 Å². The van der Waals surface area contributed by atoms with Crippen LogP contribution in [0.2, 0.25) is 0 Å². The van der Waals surface area contributed by atoms with Gasteiger partial charge in [0.1, 0.15) is 0 Å². The van der Waals surface area contributed by atoms with Crippen LogP contribution in [0, 0.1) is 0 Å². The molecule has 1 heteroatoms. The summed E-state index contributed by atoms with van der Waals surface area (Å²) in [7, 11) is 0. The summed E-state index contributed by atoms with van der Waals surface area (Å²) in [6.07, 6.45) is 15.6. The van der Waals surface area contributed by atoms with Gasteiger partial charge in [-0.2, -0.15) is 12.6 Å². The van der Waals surface area contributed by atoms with Gasteiger partial charge in [-0.15, -0.1) is 0 Å². The molecule has 0 atom stereocenters. The van der Waals surface area contributed by atoms with Gasteiger partial charge >= 0.3 is 0 Å². The molecule has 0 aromatic carbocycles. The Morgan fingerprint density at radius 1 is 0.643 bits per heavy atom. The van der Waals surface area contributed by atoms with E-state index in [1.807, 2.05) is 0 Å². The van der Waals surface area contributed by atoms with Gasteiger partial charge in [0.15, 0.2) is 0 Å². The van der Waals surface area contributed by atoms with Crippen LogP contribution in [-0.4, -0.2) is 4.75 Å². The van der Waals surface area contributed by atoms with Gasteiger partial charge in [-0.1, -0.05) is 64.7 Å². The summed E-state index contributed by atoms with van der Waals surface area (Å²) in [4.78, 5) is 0. The molecule has 0 unspecified atom stereocenters. The summed E-state index contributed by atoms with van der Waals surface area (Å²) in [6.45, 7) is 2.32. The molecule has 1 aliphatic rings. The van der Waals surface area contributed by atoms with Crippen molar-refractivity contribution < 1.29 is 0 Å². The molecule has 0 amide bonds. The zero-order chi connectivity index (χ0) is 10.3. The first-order chi connectivity index (χ1) is 6.71. The Morgan fingerprint density at radius 3 is 1.29 bits per heavy atom. The van der Waals surface area contributed by atoms with Crippen molar-refractivity contribution >= 4 is 12.6 Å². The molecule has 0 aliphatic heterocycles. The van der Waals surface area contributed by atoms with Gasteiger partial charge in [-0.05, 0) is 12.8 Å². The fraction of sp³-hybridized carbons (Fsp3) is 1.00. The normalized spacial score (nSPS) is 26.1. The highest BCUT2D eigenvalue weighted by Gasteiger charge is 2.17. The molecule has 0 saturated heterocycles. The maximum atomic E-state index is 4.78. The van der Waals surface area contributed by atoms with Gasteiger partial charge in [-0.3, -0.25) is 0 Å². The van der Waals surface area contributed by atoms with E-state index in [9.17, 15) is 0 Å². The van der Waals surface area contributed by atoms with Crippen molar-refractivity contribution in [2.75, 3.05) is 0 Å². The van der Waals surface area contributed by atoms with E-state index in [1.54, 1.807) is 0 Å². The van der Waals surface area contributed by atoms with Crippen molar-refractivity contribution in [3.05, 3.63) is 0 Å². The lowest BCUT2D eigenvalue weighted by Crippen LogP contribution is -2.16. The molecule has 1 rings (SSSR count). The summed E-state index contributed by atoms with van der Waals surface area (Å²) >= 11 is 4.78. The molecule has 0 N–H and O–H groups in total. The van der Waals surface area contributed by atoms with E-state index in [4.69, 9.17) is 12.6 Å². The molecule has 84 valence electrons. The van der Waals surface area contributed by atoms with Gasteiger partial charge in [0, 0.05) is 4.75 Å². The Bertz CT molecular complexity index is 126. The van der Waals surface area contributed by atoms with Gasteiger partial charge < -0.3 is 0 Å². The van der Waals surface area contributed by atoms with Crippen molar-refractivity contribution in [2.45, 2.75) is 82.3 Å². The number of hydrogen-bond donors (Lipinski definition) is 1. The highest BCUT2D eigenvalue weighted by Crippen LogP contribution is 2.29.